The Balaban J connectivity index is 2.17. The van der Waals surface area contributed by atoms with Crippen molar-refractivity contribution in [3.63, 3.8) is 0 Å². The molecule has 2 aromatic rings. The van der Waals surface area contributed by atoms with Crippen LogP contribution in [0.5, 0.6) is 0 Å². The molecule has 0 aliphatic heterocycles. The maximum Gasteiger partial charge on any atom is 0.0794 e. The van der Waals surface area contributed by atoms with E-state index in [-0.39, 0.29) is 6.04 Å². The van der Waals surface area contributed by atoms with Crippen LogP contribution in [0.1, 0.15) is 16.5 Å². The fraction of sp³-hybridized carbons (Fsp3) is 0.250. The number of hydrogen-bond donors (Lipinski definition) is 1. The lowest BCUT2D eigenvalue weighted by molar-refractivity contribution is 0.714. The van der Waals surface area contributed by atoms with Gasteiger partial charge >= 0.3 is 0 Å². The van der Waals surface area contributed by atoms with Crippen molar-refractivity contribution in [2.24, 2.45) is 5.73 Å². The number of thiazole rings is 1. The van der Waals surface area contributed by atoms with Gasteiger partial charge in [0.2, 0.25) is 0 Å². The smallest absolute Gasteiger partial charge is 0.0794 e. The van der Waals surface area contributed by atoms with Gasteiger partial charge in [-0.15, -0.1) is 23.1 Å². The van der Waals surface area contributed by atoms with E-state index < -0.39 is 0 Å². The third kappa shape index (κ3) is 2.64. The van der Waals surface area contributed by atoms with Crippen molar-refractivity contribution in [3.8, 4) is 0 Å². The fourth-order valence-electron chi connectivity index (χ4n) is 1.64. The van der Waals surface area contributed by atoms with E-state index in [1.54, 1.807) is 23.1 Å². The summed E-state index contributed by atoms with van der Waals surface area (Å²) in [5.74, 6) is 0. The Morgan fingerprint density at radius 1 is 1.44 bits per heavy atom. The van der Waals surface area contributed by atoms with E-state index in [0.29, 0.717) is 0 Å². The van der Waals surface area contributed by atoms with Crippen molar-refractivity contribution < 1.29 is 0 Å². The van der Waals surface area contributed by atoms with Crippen molar-refractivity contribution >= 4 is 23.1 Å². The number of rotatable bonds is 4. The second-order valence-electron chi connectivity index (χ2n) is 3.52. The van der Waals surface area contributed by atoms with Crippen molar-refractivity contribution in [2.75, 3.05) is 6.26 Å². The molecule has 1 aromatic heterocycles. The van der Waals surface area contributed by atoms with Gasteiger partial charge in [0.05, 0.1) is 5.51 Å². The van der Waals surface area contributed by atoms with E-state index in [2.05, 4.69) is 29.4 Å². The lowest BCUT2D eigenvalue weighted by Crippen LogP contribution is -2.13. The van der Waals surface area contributed by atoms with Gasteiger partial charge in [0.1, 0.15) is 0 Å². The first kappa shape index (κ1) is 11.6. The molecule has 0 amide bonds. The summed E-state index contributed by atoms with van der Waals surface area (Å²) in [6.07, 6.45) is 4.84. The van der Waals surface area contributed by atoms with Gasteiger partial charge in [-0.05, 0) is 17.9 Å². The van der Waals surface area contributed by atoms with Gasteiger partial charge in [0, 0.05) is 28.4 Å². The van der Waals surface area contributed by atoms with Crippen molar-refractivity contribution in [1.29, 1.82) is 0 Å². The zero-order valence-corrected chi connectivity index (χ0v) is 10.7. The summed E-state index contributed by atoms with van der Waals surface area (Å²) in [5, 5.41) is 0. The Morgan fingerprint density at radius 3 is 2.94 bits per heavy atom. The number of aromatic nitrogens is 1. The molecule has 0 fully saturated rings. The minimum atomic E-state index is 0.0594. The van der Waals surface area contributed by atoms with Gasteiger partial charge < -0.3 is 5.73 Å². The average Bonchev–Trinajstić information content (AvgIpc) is 2.81. The minimum absolute atomic E-state index is 0.0594. The van der Waals surface area contributed by atoms with Crippen LogP contribution in [0.2, 0.25) is 0 Å². The van der Waals surface area contributed by atoms with Gasteiger partial charge in [-0.3, -0.25) is 4.98 Å². The molecule has 0 aliphatic carbocycles. The first-order valence-electron chi connectivity index (χ1n) is 5.07. The molecule has 2 nitrogen and oxygen atoms in total. The third-order valence-corrected chi connectivity index (χ3v) is 4.06. The zero-order chi connectivity index (χ0) is 11.4. The molecule has 0 radical (unpaired) electrons. The predicted molar refractivity (Wildman–Crippen MR) is 71.0 cm³/mol. The van der Waals surface area contributed by atoms with Crippen molar-refractivity contribution in [3.05, 3.63) is 46.4 Å². The summed E-state index contributed by atoms with van der Waals surface area (Å²) in [7, 11) is 0. The van der Waals surface area contributed by atoms with Crippen molar-refractivity contribution in [2.45, 2.75) is 17.4 Å². The summed E-state index contributed by atoms with van der Waals surface area (Å²) < 4.78 is 0. The van der Waals surface area contributed by atoms with Crippen LogP contribution in [0, 0.1) is 0 Å². The Morgan fingerprint density at radius 2 is 2.25 bits per heavy atom. The molecule has 16 heavy (non-hydrogen) atoms. The van der Waals surface area contributed by atoms with E-state index in [0.717, 1.165) is 6.42 Å². The average molecular weight is 250 g/mol. The Labute approximate surface area is 104 Å². The molecule has 0 spiro atoms. The SMILES string of the molecule is CSc1ccccc1C(N)Cc1cncs1. The first-order valence-corrected chi connectivity index (χ1v) is 7.17. The molecule has 1 unspecified atom stereocenters. The van der Waals surface area contributed by atoms with Crippen LogP contribution in [0.15, 0.2) is 40.9 Å². The van der Waals surface area contributed by atoms with Gasteiger partial charge in [-0.25, -0.2) is 0 Å². The molecular weight excluding hydrogens is 236 g/mol. The molecule has 4 heteroatoms. The van der Waals surface area contributed by atoms with Crippen LogP contribution >= 0.6 is 23.1 Å². The predicted octanol–water partition coefficient (Wildman–Crippen LogP) is 3.11. The normalized spacial score (nSPS) is 12.6. The van der Waals surface area contributed by atoms with Gasteiger partial charge in [-0.2, -0.15) is 0 Å². The lowest BCUT2D eigenvalue weighted by atomic mass is 10.0. The lowest BCUT2D eigenvalue weighted by Gasteiger charge is -2.14. The van der Waals surface area contributed by atoms with Crippen LogP contribution < -0.4 is 5.73 Å². The molecule has 0 saturated heterocycles. The number of benzene rings is 1. The molecule has 0 saturated carbocycles. The molecule has 1 aromatic carbocycles. The summed E-state index contributed by atoms with van der Waals surface area (Å²) in [5.41, 5.74) is 9.30. The summed E-state index contributed by atoms with van der Waals surface area (Å²) in [6, 6.07) is 8.38. The molecular formula is C12H14N2S2. The highest BCUT2D eigenvalue weighted by molar-refractivity contribution is 7.98. The van der Waals surface area contributed by atoms with E-state index in [1.807, 2.05) is 17.8 Å². The van der Waals surface area contributed by atoms with E-state index >= 15 is 0 Å². The maximum atomic E-state index is 6.23. The molecule has 0 bridgehead atoms. The largest absolute Gasteiger partial charge is 0.324 e. The second-order valence-corrected chi connectivity index (χ2v) is 5.34. The summed E-state index contributed by atoms with van der Waals surface area (Å²) in [4.78, 5) is 6.57. The number of hydrogen-bond acceptors (Lipinski definition) is 4. The topological polar surface area (TPSA) is 38.9 Å². The van der Waals surface area contributed by atoms with Gasteiger partial charge in [0.25, 0.3) is 0 Å². The number of nitrogens with two attached hydrogens (primary N) is 1. The highest BCUT2D eigenvalue weighted by Crippen LogP contribution is 2.27. The monoisotopic (exact) mass is 250 g/mol. The van der Waals surface area contributed by atoms with Crippen LogP contribution in [0.3, 0.4) is 0 Å². The molecule has 0 aliphatic rings. The van der Waals surface area contributed by atoms with Gasteiger partial charge in [0.15, 0.2) is 0 Å². The first-order chi connectivity index (χ1) is 7.81. The number of nitrogens with zero attached hydrogens (tertiary/aromatic N) is 1. The standard InChI is InChI=1S/C12H14N2S2/c1-15-12-5-3-2-4-10(12)11(13)6-9-7-14-8-16-9/h2-5,7-8,11H,6,13H2,1H3. The quantitative estimate of drug-likeness (QED) is 0.847. The molecule has 1 heterocycles. The highest BCUT2D eigenvalue weighted by atomic mass is 32.2. The fourth-order valence-corrected chi connectivity index (χ4v) is 2.97. The Kier molecular flexibility index (Phi) is 3.98. The van der Waals surface area contributed by atoms with Crippen LogP contribution in [-0.2, 0) is 6.42 Å². The van der Waals surface area contributed by atoms with Crippen molar-refractivity contribution in [1.82, 2.24) is 4.98 Å². The Bertz CT molecular complexity index is 440. The number of thioether (sulfide) groups is 1. The molecule has 2 rings (SSSR count). The van der Waals surface area contributed by atoms with Crippen LogP contribution in [0.4, 0.5) is 0 Å². The minimum Gasteiger partial charge on any atom is -0.324 e. The van der Waals surface area contributed by atoms with Gasteiger partial charge in [-0.1, -0.05) is 18.2 Å². The van der Waals surface area contributed by atoms with E-state index in [9.17, 15) is 0 Å². The zero-order valence-electron chi connectivity index (χ0n) is 9.09. The van der Waals surface area contributed by atoms with E-state index in [1.165, 1.54) is 15.3 Å². The molecule has 2 N–H and O–H groups in total. The highest BCUT2D eigenvalue weighted by Gasteiger charge is 2.11. The Hall–Kier alpha value is -0.840. The summed E-state index contributed by atoms with van der Waals surface area (Å²) >= 11 is 3.41. The van der Waals surface area contributed by atoms with Crippen LogP contribution in [-0.4, -0.2) is 11.2 Å². The summed E-state index contributed by atoms with van der Waals surface area (Å²) in [6.45, 7) is 0. The molecule has 84 valence electrons. The maximum absolute atomic E-state index is 6.23. The third-order valence-electron chi connectivity index (χ3n) is 2.44. The van der Waals surface area contributed by atoms with Crippen LogP contribution in [0.25, 0.3) is 0 Å². The van der Waals surface area contributed by atoms with E-state index in [4.69, 9.17) is 5.73 Å². The second kappa shape index (κ2) is 5.48. The molecule has 1 atom stereocenters.